The van der Waals surface area contributed by atoms with Crippen LogP contribution in [0.1, 0.15) is 92.6 Å². The molecule has 6 heterocycles. The molecule has 296 valence electrons. The molecule has 4 aliphatic heterocycles. The number of H-pyrrole nitrogens is 1. The number of rotatable bonds is 9. The minimum absolute atomic E-state index is 0.00741. The summed E-state index contributed by atoms with van der Waals surface area (Å²) in [4.78, 5) is 24.4. The fourth-order valence-electron chi connectivity index (χ4n) is 10.7. The summed E-state index contributed by atoms with van der Waals surface area (Å²) in [5.74, 6) is 1.39. The Hall–Kier alpha value is -3.92. The molecule has 4 fully saturated rings. The van der Waals surface area contributed by atoms with Gasteiger partial charge in [0.1, 0.15) is 6.04 Å². The Balaban J connectivity index is 0.757. The van der Waals surface area contributed by atoms with Gasteiger partial charge in [0, 0.05) is 42.4 Å². The molecule has 5 aliphatic rings. The van der Waals surface area contributed by atoms with Crippen molar-refractivity contribution < 1.29 is 13.6 Å². The Kier molecular flexibility index (Phi) is 10.2. The summed E-state index contributed by atoms with van der Waals surface area (Å²) in [6, 6.07) is 16.4. The van der Waals surface area contributed by atoms with E-state index < -0.39 is 5.66 Å². The van der Waals surface area contributed by atoms with Crippen LogP contribution in [0.2, 0.25) is 0 Å². The Morgan fingerprint density at radius 2 is 1.77 bits per heavy atom. The van der Waals surface area contributed by atoms with Crippen molar-refractivity contribution in [3.8, 4) is 0 Å². The number of halogens is 2. The van der Waals surface area contributed by atoms with Crippen molar-refractivity contribution in [2.75, 3.05) is 49.5 Å². The molecule has 1 aliphatic carbocycles. The third-order valence-electron chi connectivity index (χ3n) is 13.7. The van der Waals surface area contributed by atoms with E-state index in [-0.39, 0.29) is 30.6 Å². The molecule has 1 saturated carbocycles. The summed E-state index contributed by atoms with van der Waals surface area (Å²) in [7, 11) is 1.73. The van der Waals surface area contributed by atoms with Gasteiger partial charge in [-0.3, -0.25) is 19.8 Å². The van der Waals surface area contributed by atoms with Crippen LogP contribution in [-0.4, -0.2) is 87.9 Å². The number of nitrogens with one attached hydrogen (secondary N) is 3. The number of benzene rings is 2. The van der Waals surface area contributed by atoms with Gasteiger partial charge < -0.3 is 20.4 Å². The van der Waals surface area contributed by atoms with Crippen molar-refractivity contribution >= 4 is 37.4 Å². The monoisotopic (exact) mass is 780 g/mol. The molecule has 4 atom stereocenters. The van der Waals surface area contributed by atoms with Crippen LogP contribution >= 0.6 is 9.24 Å². The number of amides is 1. The first-order chi connectivity index (χ1) is 27.0. The molecular formula is C44H55F2N8OP. The first kappa shape index (κ1) is 37.6. The first-order valence-corrected chi connectivity index (χ1v) is 21.2. The minimum atomic E-state index is -2.90. The molecule has 0 radical (unpaired) electrons. The van der Waals surface area contributed by atoms with Gasteiger partial charge >= 0.3 is 0 Å². The number of piperidine rings is 3. The molecule has 3 N–H and O–H groups in total. The number of allylic oxidation sites excluding steroid dienone is 1. The largest absolute Gasteiger partial charge is 0.374 e. The second-order valence-corrected chi connectivity index (χ2v) is 18.4. The molecule has 56 heavy (non-hydrogen) atoms. The first-order valence-electron chi connectivity index (χ1n) is 20.6. The number of nitrogens with zero attached hydrogens (tertiary/aromatic N) is 5. The Bertz CT molecular complexity index is 2040. The summed E-state index contributed by atoms with van der Waals surface area (Å²) < 4.78 is 29.0. The second kappa shape index (κ2) is 15.1. The molecule has 2 unspecified atom stereocenters. The van der Waals surface area contributed by atoms with E-state index in [2.05, 4.69) is 79.7 Å². The van der Waals surface area contributed by atoms with E-state index in [0.717, 1.165) is 84.2 Å². The van der Waals surface area contributed by atoms with Crippen molar-refractivity contribution in [3.63, 3.8) is 0 Å². The van der Waals surface area contributed by atoms with Gasteiger partial charge in [0.05, 0.1) is 41.9 Å². The number of hydrogen-bond acceptors (Lipinski definition) is 7. The number of alkyl halides is 2. The maximum Gasteiger partial charge on any atom is 0.271 e. The highest BCUT2D eigenvalue weighted by molar-refractivity contribution is 7.18. The molecule has 1 amide bonds. The zero-order valence-corrected chi connectivity index (χ0v) is 33.6. The van der Waals surface area contributed by atoms with Gasteiger partial charge in [-0.25, -0.2) is 8.78 Å². The zero-order valence-electron chi connectivity index (χ0n) is 32.5. The summed E-state index contributed by atoms with van der Waals surface area (Å²) in [5, 5.41) is 14.6. The van der Waals surface area contributed by atoms with Gasteiger partial charge in [-0.2, -0.15) is 5.10 Å². The van der Waals surface area contributed by atoms with Crippen LogP contribution in [-0.2, 0) is 11.2 Å². The normalized spacial score (nSPS) is 25.3. The van der Waals surface area contributed by atoms with Crippen LogP contribution in [0.3, 0.4) is 0 Å². The van der Waals surface area contributed by atoms with Crippen LogP contribution < -0.4 is 15.5 Å². The number of carbonyl (C=O) groups is 1. The van der Waals surface area contributed by atoms with E-state index in [1.165, 1.54) is 56.2 Å². The molecule has 9 rings (SSSR count). The smallest absolute Gasteiger partial charge is 0.271 e. The highest BCUT2D eigenvalue weighted by Crippen LogP contribution is 2.53. The van der Waals surface area contributed by atoms with Crippen molar-refractivity contribution in [2.24, 2.45) is 11.3 Å². The Morgan fingerprint density at radius 3 is 2.46 bits per heavy atom. The standard InChI is InChI=1S/C44H55F2N8OP/c1-28-3-10-40(42(55)49-28)50-33-6-4-31(5-7-33)32-13-17-52(18-14-32)26-30-22-43(23-30)15-19-53(20-16-43)34-8-11-39(47-24-34)41-35-9-12-38-37(25-48-51-38)36(35)21-29(2)54(41)27-44(45,46)56/h4-9,11-12,24-25,29-30,32,40-41,50H,1,3,10,13-23,26-27,56H2,2H3,(H,48,51)(H,49,55)/t29-,40?,41+/m1/s1. The topological polar surface area (TPSA) is 92.4 Å². The summed E-state index contributed by atoms with van der Waals surface area (Å²) in [5.41, 5.74) is 5.89. The molecule has 2 aromatic carbocycles. The average molecular weight is 781 g/mol. The molecule has 0 bridgehead atoms. The fraction of sp³-hybridized carbons (Fsp3) is 0.523. The molecule has 3 saturated heterocycles. The van der Waals surface area contributed by atoms with E-state index >= 15 is 0 Å². The van der Waals surface area contributed by atoms with E-state index in [1.54, 1.807) is 9.24 Å². The third kappa shape index (κ3) is 7.71. The number of pyridine rings is 1. The van der Waals surface area contributed by atoms with Crippen molar-refractivity contribution in [2.45, 2.75) is 94.4 Å². The predicted octanol–water partition coefficient (Wildman–Crippen LogP) is 7.84. The van der Waals surface area contributed by atoms with Crippen LogP contribution in [0.4, 0.5) is 20.2 Å². The van der Waals surface area contributed by atoms with Gasteiger partial charge in [0.2, 0.25) is 5.91 Å². The van der Waals surface area contributed by atoms with E-state index in [9.17, 15) is 13.6 Å². The molecule has 4 aromatic rings. The minimum Gasteiger partial charge on any atom is -0.374 e. The van der Waals surface area contributed by atoms with Crippen LogP contribution in [0.25, 0.3) is 10.9 Å². The third-order valence-corrected chi connectivity index (χ3v) is 13.9. The number of hydrogen-bond donors (Lipinski definition) is 3. The summed E-state index contributed by atoms with van der Waals surface area (Å²) in [6.07, 6.45) is 13.6. The van der Waals surface area contributed by atoms with Gasteiger partial charge in [-0.15, -0.1) is 0 Å². The van der Waals surface area contributed by atoms with Crippen molar-refractivity contribution in [1.82, 2.24) is 30.3 Å². The highest BCUT2D eigenvalue weighted by atomic mass is 31.0. The molecular weight excluding hydrogens is 726 g/mol. The van der Waals surface area contributed by atoms with Crippen LogP contribution in [0, 0.1) is 11.3 Å². The van der Waals surface area contributed by atoms with Gasteiger partial charge in [-0.05, 0) is 142 Å². The van der Waals surface area contributed by atoms with Gasteiger partial charge in [-0.1, -0.05) is 34.0 Å². The number of aromatic nitrogens is 3. The number of fused-ring (bicyclic) bond motifs is 3. The van der Waals surface area contributed by atoms with Crippen LogP contribution in [0.15, 0.2) is 73.2 Å². The quantitative estimate of drug-likeness (QED) is 0.149. The molecule has 2 aromatic heterocycles. The molecule has 12 heteroatoms. The number of carbonyl (C=O) groups excluding carboxylic acids is 1. The predicted molar refractivity (Wildman–Crippen MR) is 222 cm³/mol. The van der Waals surface area contributed by atoms with Crippen molar-refractivity contribution in [1.29, 1.82) is 0 Å². The van der Waals surface area contributed by atoms with E-state index in [1.807, 2.05) is 30.3 Å². The molecule has 9 nitrogen and oxygen atoms in total. The lowest BCUT2D eigenvalue weighted by Gasteiger charge is -2.54. The lowest BCUT2D eigenvalue weighted by molar-refractivity contribution is -0.122. The van der Waals surface area contributed by atoms with Gasteiger partial charge in [0.15, 0.2) is 0 Å². The molecule has 1 spiro atoms. The lowest BCUT2D eigenvalue weighted by Crippen LogP contribution is -2.50. The van der Waals surface area contributed by atoms with Crippen molar-refractivity contribution in [3.05, 3.63) is 95.6 Å². The second-order valence-electron chi connectivity index (χ2n) is 17.6. The highest BCUT2D eigenvalue weighted by Gasteiger charge is 2.46. The Morgan fingerprint density at radius 1 is 1.00 bits per heavy atom. The number of likely N-dealkylation sites (tertiary alicyclic amines) is 1. The maximum absolute atomic E-state index is 14.5. The van der Waals surface area contributed by atoms with E-state index in [4.69, 9.17) is 4.98 Å². The summed E-state index contributed by atoms with van der Waals surface area (Å²) >= 11 is 0. The fourth-order valence-corrected chi connectivity index (χ4v) is 10.9. The maximum atomic E-state index is 14.5. The number of anilines is 2. The zero-order chi connectivity index (χ0) is 38.6. The average Bonchev–Trinajstić information content (AvgIpc) is 3.66. The van der Waals surface area contributed by atoms with Crippen LogP contribution in [0.5, 0.6) is 0 Å². The van der Waals surface area contributed by atoms with E-state index in [0.29, 0.717) is 17.8 Å². The Labute approximate surface area is 331 Å². The SMILES string of the molecule is C=C1CCC(Nc2ccc(C3CCN(CC4CC5(CCN(c6ccc([C@@H]7c8ccc9[nH]ncc9c8C[C@@H](C)N7CC(F)(F)P)nc6)CC5)C4)CC3)cc2)C(=O)N1. The lowest BCUT2D eigenvalue weighted by atomic mass is 9.57. The van der Waals surface area contributed by atoms with Gasteiger partial charge in [0.25, 0.3) is 5.66 Å². The summed E-state index contributed by atoms with van der Waals surface area (Å²) in [6.45, 7) is 11.2. The number of aromatic amines is 1.